The average molecular weight is 363 g/mol. The molecule has 0 fully saturated rings. The summed E-state index contributed by atoms with van der Waals surface area (Å²) in [4.78, 5) is 30.3. The van der Waals surface area contributed by atoms with E-state index in [1.165, 1.54) is 0 Å². The summed E-state index contributed by atoms with van der Waals surface area (Å²) in [6, 6.07) is 6.99. The summed E-state index contributed by atoms with van der Waals surface area (Å²) in [7, 11) is 0.504. The molecule has 1 unspecified atom stereocenters. The summed E-state index contributed by atoms with van der Waals surface area (Å²) in [5.41, 5.74) is 1.10. The number of ether oxygens (including phenoxy) is 1. The lowest BCUT2D eigenvalue weighted by Gasteiger charge is -2.07. The van der Waals surface area contributed by atoms with Crippen LogP contribution in [-0.2, 0) is 21.3 Å². The van der Waals surface area contributed by atoms with Gasteiger partial charge in [0, 0.05) is 35.1 Å². The molecule has 0 aliphatic carbocycles. The minimum absolute atomic E-state index is 0.000857. The van der Waals surface area contributed by atoms with Crippen LogP contribution in [0.5, 0.6) is 0 Å². The van der Waals surface area contributed by atoms with Crippen LogP contribution in [0, 0.1) is 0 Å². The molecule has 8 nitrogen and oxygen atoms in total. The van der Waals surface area contributed by atoms with E-state index in [0.717, 1.165) is 18.0 Å². The summed E-state index contributed by atoms with van der Waals surface area (Å²) in [6.45, 7) is 0.425. The van der Waals surface area contributed by atoms with Crippen molar-refractivity contribution in [2.75, 3.05) is 24.8 Å². The molecule has 0 saturated heterocycles. The summed E-state index contributed by atoms with van der Waals surface area (Å²) in [5, 5.41) is 11.4. The lowest BCUT2D eigenvalue weighted by Crippen LogP contribution is -2.15. The van der Waals surface area contributed by atoms with E-state index in [2.05, 4.69) is 15.3 Å². The van der Waals surface area contributed by atoms with E-state index in [1.807, 2.05) is 6.07 Å². The second-order valence-electron chi connectivity index (χ2n) is 5.03. The first-order chi connectivity index (χ1) is 12.0. The number of carboxylic acid groups (broad SMARTS) is 1. The van der Waals surface area contributed by atoms with Crippen LogP contribution in [-0.4, -0.2) is 50.6 Å². The Kier molecular flexibility index (Phi) is 6.72. The number of benzene rings is 1. The van der Waals surface area contributed by atoms with Crippen LogP contribution < -0.4 is 5.32 Å². The van der Waals surface area contributed by atoms with Gasteiger partial charge in [-0.1, -0.05) is 12.1 Å². The van der Waals surface area contributed by atoms with Crippen LogP contribution in [0.2, 0.25) is 0 Å². The zero-order valence-corrected chi connectivity index (χ0v) is 14.3. The maximum absolute atomic E-state index is 12.1. The first kappa shape index (κ1) is 18.7. The summed E-state index contributed by atoms with van der Waals surface area (Å²) in [5.74, 6) is -0.922. The second-order valence-corrected chi connectivity index (χ2v) is 6.60. The van der Waals surface area contributed by atoms with Crippen molar-refractivity contribution in [2.24, 2.45) is 0 Å². The van der Waals surface area contributed by atoms with Crippen LogP contribution in [0.4, 0.5) is 5.69 Å². The van der Waals surface area contributed by atoms with Gasteiger partial charge in [0.1, 0.15) is 5.69 Å². The molecule has 1 aromatic heterocycles. The van der Waals surface area contributed by atoms with Gasteiger partial charge in [-0.2, -0.15) is 0 Å². The predicted molar refractivity (Wildman–Crippen MR) is 92.0 cm³/mol. The highest BCUT2D eigenvalue weighted by atomic mass is 32.2. The molecular weight excluding hydrogens is 346 g/mol. The van der Waals surface area contributed by atoms with E-state index in [4.69, 9.17) is 9.84 Å². The standard InChI is InChI=1S/C16H17N3O5S/c1-24-5-6-25(23)10-11-3-2-4-12(7-11)19-15(20)13-8-18-14(9-17-13)16(21)22/h2-4,7-9H,5-6,10H2,1H3,(H,19,20)(H,21,22). The molecular formula is C16H17N3O5S. The van der Waals surface area contributed by atoms with Crippen molar-refractivity contribution in [3.8, 4) is 0 Å². The zero-order chi connectivity index (χ0) is 18.2. The van der Waals surface area contributed by atoms with Crippen molar-refractivity contribution in [1.29, 1.82) is 0 Å². The number of anilines is 1. The van der Waals surface area contributed by atoms with Crippen LogP contribution in [0.25, 0.3) is 0 Å². The number of nitrogens with zero attached hydrogens (tertiary/aromatic N) is 2. The van der Waals surface area contributed by atoms with Crippen LogP contribution in [0.1, 0.15) is 26.5 Å². The van der Waals surface area contributed by atoms with Crippen molar-refractivity contribution in [2.45, 2.75) is 5.75 Å². The van der Waals surface area contributed by atoms with Gasteiger partial charge in [0.25, 0.3) is 5.91 Å². The molecule has 25 heavy (non-hydrogen) atoms. The van der Waals surface area contributed by atoms with Gasteiger partial charge in [-0.25, -0.2) is 14.8 Å². The highest BCUT2D eigenvalue weighted by Gasteiger charge is 2.11. The van der Waals surface area contributed by atoms with E-state index in [1.54, 1.807) is 25.3 Å². The summed E-state index contributed by atoms with van der Waals surface area (Å²) < 4.78 is 16.8. The van der Waals surface area contributed by atoms with Gasteiger partial charge in [0.2, 0.25) is 0 Å². The maximum Gasteiger partial charge on any atom is 0.356 e. The molecule has 0 spiro atoms. The third kappa shape index (κ3) is 5.73. The number of rotatable bonds is 8. The van der Waals surface area contributed by atoms with E-state index in [0.29, 0.717) is 23.8 Å². The zero-order valence-electron chi connectivity index (χ0n) is 13.5. The Balaban J connectivity index is 2.02. The minimum Gasteiger partial charge on any atom is -0.476 e. The SMILES string of the molecule is COCCS(=O)Cc1cccc(NC(=O)c2cnc(C(=O)O)cn2)c1. The maximum atomic E-state index is 12.1. The molecule has 1 aromatic carbocycles. The largest absolute Gasteiger partial charge is 0.476 e. The van der Waals surface area contributed by atoms with E-state index < -0.39 is 22.7 Å². The van der Waals surface area contributed by atoms with E-state index in [-0.39, 0.29) is 11.4 Å². The average Bonchev–Trinajstić information content (AvgIpc) is 2.60. The van der Waals surface area contributed by atoms with Gasteiger partial charge in [-0.3, -0.25) is 9.00 Å². The lowest BCUT2D eigenvalue weighted by atomic mass is 10.2. The molecule has 0 aliphatic rings. The fraction of sp³-hybridized carbons (Fsp3) is 0.250. The van der Waals surface area contributed by atoms with Gasteiger partial charge in [-0.05, 0) is 17.7 Å². The molecule has 1 atom stereocenters. The van der Waals surface area contributed by atoms with Crippen molar-refractivity contribution >= 4 is 28.4 Å². The molecule has 1 amide bonds. The number of aromatic carboxylic acids is 1. The Hall–Kier alpha value is -2.65. The number of aromatic nitrogens is 2. The predicted octanol–water partition coefficient (Wildman–Crippen LogP) is 1.32. The number of carboxylic acids is 1. The van der Waals surface area contributed by atoms with Crippen molar-refractivity contribution in [3.63, 3.8) is 0 Å². The second kappa shape index (κ2) is 9.00. The molecule has 2 N–H and O–H groups in total. The number of hydrogen-bond donors (Lipinski definition) is 2. The Morgan fingerprint density at radius 1 is 1.24 bits per heavy atom. The van der Waals surface area contributed by atoms with Gasteiger partial charge < -0.3 is 15.2 Å². The molecule has 132 valence electrons. The van der Waals surface area contributed by atoms with Crippen LogP contribution in [0.15, 0.2) is 36.7 Å². The molecule has 0 saturated carbocycles. The Bertz CT molecular complexity index is 780. The van der Waals surface area contributed by atoms with Crippen molar-refractivity contribution < 1.29 is 23.6 Å². The number of methoxy groups -OCH3 is 1. The first-order valence-corrected chi connectivity index (χ1v) is 8.78. The smallest absolute Gasteiger partial charge is 0.356 e. The fourth-order valence-corrected chi connectivity index (χ4v) is 2.97. The van der Waals surface area contributed by atoms with E-state index in [9.17, 15) is 13.8 Å². The molecule has 2 aromatic rings. The molecule has 0 radical (unpaired) electrons. The van der Waals surface area contributed by atoms with Crippen LogP contribution in [0.3, 0.4) is 0 Å². The Morgan fingerprint density at radius 3 is 2.60 bits per heavy atom. The van der Waals surface area contributed by atoms with Gasteiger partial charge in [0.15, 0.2) is 5.69 Å². The number of amides is 1. The fourth-order valence-electron chi connectivity index (χ4n) is 1.92. The van der Waals surface area contributed by atoms with Crippen molar-refractivity contribution in [3.05, 3.63) is 53.6 Å². The minimum atomic E-state index is -1.21. The number of hydrogen-bond acceptors (Lipinski definition) is 6. The van der Waals surface area contributed by atoms with Crippen molar-refractivity contribution in [1.82, 2.24) is 9.97 Å². The third-order valence-electron chi connectivity index (χ3n) is 3.13. The first-order valence-electron chi connectivity index (χ1n) is 7.29. The molecule has 9 heteroatoms. The van der Waals surface area contributed by atoms with Crippen LogP contribution >= 0.6 is 0 Å². The highest BCUT2D eigenvalue weighted by molar-refractivity contribution is 7.84. The number of carbonyl (C=O) groups is 2. The summed E-state index contributed by atoms with van der Waals surface area (Å²) in [6.07, 6.45) is 2.12. The molecule has 0 bridgehead atoms. The Morgan fingerprint density at radius 2 is 1.96 bits per heavy atom. The lowest BCUT2D eigenvalue weighted by molar-refractivity contribution is 0.0689. The van der Waals surface area contributed by atoms with Gasteiger partial charge in [-0.15, -0.1) is 0 Å². The normalized spacial score (nSPS) is 11.7. The molecule has 2 rings (SSSR count). The third-order valence-corrected chi connectivity index (χ3v) is 4.41. The highest BCUT2D eigenvalue weighted by Crippen LogP contribution is 2.13. The van der Waals surface area contributed by atoms with Gasteiger partial charge in [0.05, 0.1) is 19.0 Å². The topological polar surface area (TPSA) is 118 Å². The monoisotopic (exact) mass is 363 g/mol. The molecule has 0 aliphatic heterocycles. The van der Waals surface area contributed by atoms with E-state index >= 15 is 0 Å². The number of carbonyl (C=O) groups excluding carboxylic acids is 1. The Labute approximate surface area is 146 Å². The molecule has 1 heterocycles. The quantitative estimate of drug-likeness (QED) is 0.726. The van der Waals surface area contributed by atoms with Gasteiger partial charge >= 0.3 is 5.97 Å². The summed E-state index contributed by atoms with van der Waals surface area (Å²) >= 11 is 0. The number of nitrogens with one attached hydrogen (secondary N) is 1.